The molecule has 0 amide bonds. The van der Waals surface area contributed by atoms with E-state index >= 15 is 0 Å². The Labute approximate surface area is 180 Å². The van der Waals surface area contributed by atoms with Crippen molar-refractivity contribution >= 4 is 17.7 Å². The molecular weight excluding hydrogens is 382 g/mol. The minimum absolute atomic E-state index is 0.514. The van der Waals surface area contributed by atoms with E-state index in [1.165, 1.54) is 38.6 Å². The summed E-state index contributed by atoms with van der Waals surface area (Å²) < 4.78 is 2.28. The van der Waals surface area contributed by atoms with Crippen molar-refractivity contribution in [3.05, 3.63) is 5.82 Å². The van der Waals surface area contributed by atoms with Crippen LogP contribution in [0.25, 0.3) is 0 Å². The Balaban J connectivity index is 1.40. The lowest BCUT2D eigenvalue weighted by molar-refractivity contribution is 0.242. The summed E-state index contributed by atoms with van der Waals surface area (Å²) >= 11 is 1.67. The van der Waals surface area contributed by atoms with Crippen LogP contribution in [0.2, 0.25) is 0 Å². The second kappa shape index (κ2) is 11.2. The van der Waals surface area contributed by atoms with Crippen LogP contribution in [0.3, 0.4) is 0 Å². The molecule has 8 heteroatoms. The van der Waals surface area contributed by atoms with E-state index in [0.29, 0.717) is 12.0 Å². The number of nitrogens with one attached hydrogen (secondary N) is 2. The molecule has 29 heavy (non-hydrogen) atoms. The number of hydrogen-bond donors (Lipinski definition) is 2. The van der Waals surface area contributed by atoms with Crippen LogP contribution in [0.1, 0.15) is 58.2 Å². The molecule has 1 atom stereocenters. The summed E-state index contributed by atoms with van der Waals surface area (Å²) in [7, 11) is 1.86. The van der Waals surface area contributed by atoms with Crippen LogP contribution < -0.4 is 10.6 Å². The van der Waals surface area contributed by atoms with E-state index in [2.05, 4.69) is 55.4 Å². The Hall–Kier alpha value is -1.28. The second-order valence-corrected chi connectivity index (χ2v) is 9.55. The summed E-state index contributed by atoms with van der Waals surface area (Å²) in [6.07, 6.45) is 10.8. The number of aromatic nitrogens is 3. The third-order valence-electron chi connectivity index (χ3n) is 6.02. The van der Waals surface area contributed by atoms with E-state index in [0.717, 1.165) is 55.5 Å². The lowest BCUT2D eigenvalue weighted by Gasteiger charge is -2.24. The van der Waals surface area contributed by atoms with Crippen molar-refractivity contribution in [3.8, 4) is 0 Å². The van der Waals surface area contributed by atoms with E-state index in [4.69, 9.17) is 0 Å². The SMILES string of the molecule is CN=C(NCCCc1nnc(SC)n1CC(C)C)NC1CCN(C2CCCC2)C1. The fourth-order valence-electron chi connectivity index (χ4n) is 4.55. The normalized spacial score (nSPS) is 21.4. The first kappa shape index (κ1) is 22.4. The number of aliphatic imine (C=N–C) groups is 1. The van der Waals surface area contributed by atoms with Gasteiger partial charge in [0.25, 0.3) is 0 Å². The van der Waals surface area contributed by atoms with Crippen LogP contribution in [0.4, 0.5) is 0 Å². The molecule has 0 aromatic carbocycles. The van der Waals surface area contributed by atoms with Gasteiger partial charge in [0.15, 0.2) is 11.1 Å². The monoisotopic (exact) mass is 421 g/mol. The van der Waals surface area contributed by atoms with Crippen molar-refractivity contribution in [1.82, 2.24) is 30.3 Å². The van der Waals surface area contributed by atoms with Gasteiger partial charge in [-0.1, -0.05) is 38.5 Å². The van der Waals surface area contributed by atoms with Gasteiger partial charge in [-0.05, 0) is 37.9 Å². The van der Waals surface area contributed by atoms with E-state index in [1.54, 1.807) is 11.8 Å². The summed E-state index contributed by atoms with van der Waals surface area (Å²) in [4.78, 5) is 7.12. The van der Waals surface area contributed by atoms with Crippen molar-refractivity contribution < 1.29 is 0 Å². The van der Waals surface area contributed by atoms with Crippen molar-refractivity contribution in [2.24, 2.45) is 10.9 Å². The fraction of sp³-hybridized carbons (Fsp3) is 0.857. The van der Waals surface area contributed by atoms with E-state index in [1.807, 2.05) is 7.05 Å². The molecule has 0 bridgehead atoms. The molecule has 1 aliphatic carbocycles. The topological polar surface area (TPSA) is 70.4 Å². The van der Waals surface area contributed by atoms with Crippen LogP contribution in [0.15, 0.2) is 10.1 Å². The van der Waals surface area contributed by atoms with Crippen LogP contribution in [0.5, 0.6) is 0 Å². The Morgan fingerprint density at radius 2 is 2.03 bits per heavy atom. The molecule has 1 unspecified atom stereocenters. The zero-order valence-corrected chi connectivity index (χ0v) is 19.5. The van der Waals surface area contributed by atoms with Gasteiger partial charge in [0.2, 0.25) is 0 Å². The molecule has 2 heterocycles. The highest BCUT2D eigenvalue weighted by atomic mass is 32.2. The number of rotatable bonds is 9. The molecule has 0 spiro atoms. The maximum absolute atomic E-state index is 4.43. The van der Waals surface area contributed by atoms with Gasteiger partial charge in [-0.3, -0.25) is 9.89 Å². The maximum Gasteiger partial charge on any atom is 0.191 e. The minimum atomic E-state index is 0.514. The fourth-order valence-corrected chi connectivity index (χ4v) is 5.07. The molecule has 1 aromatic rings. The first-order valence-electron chi connectivity index (χ1n) is 11.3. The molecular formula is C21H39N7S. The molecule has 164 valence electrons. The molecule has 0 radical (unpaired) electrons. The number of aryl methyl sites for hydroxylation is 1. The molecule has 2 fully saturated rings. The Morgan fingerprint density at radius 3 is 2.72 bits per heavy atom. The predicted molar refractivity (Wildman–Crippen MR) is 122 cm³/mol. The molecule has 7 nitrogen and oxygen atoms in total. The van der Waals surface area contributed by atoms with E-state index in [9.17, 15) is 0 Å². The quantitative estimate of drug-likeness (QED) is 0.277. The van der Waals surface area contributed by atoms with Crippen molar-refractivity contribution in [3.63, 3.8) is 0 Å². The molecule has 1 aromatic heterocycles. The molecule has 1 saturated carbocycles. The standard InChI is InChI=1S/C21H39N7S/c1-16(2)14-28-19(25-26-21(28)29-4)10-7-12-23-20(22-3)24-17-11-13-27(15-17)18-8-5-6-9-18/h16-18H,5-15H2,1-4H3,(H2,22,23,24). The van der Waals surface area contributed by atoms with Crippen LogP contribution in [-0.2, 0) is 13.0 Å². The number of likely N-dealkylation sites (tertiary alicyclic amines) is 1. The zero-order chi connectivity index (χ0) is 20.6. The van der Waals surface area contributed by atoms with Crippen molar-refractivity contribution in [1.29, 1.82) is 0 Å². The van der Waals surface area contributed by atoms with Gasteiger partial charge < -0.3 is 15.2 Å². The maximum atomic E-state index is 4.43. The Morgan fingerprint density at radius 1 is 1.24 bits per heavy atom. The van der Waals surface area contributed by atoms with Gasteiger partial charge in [-0.25, -0.2) is 0 Å². The molecule has 1 aliphatic heterocycles. The second-order valence-electron chi connectivity index (χ2n) is 8.77. The van der Waals surface area contributed by atoms with Gasteiger partial charge in [0.1, 0.15) is 5.82 Å². The molecule has 2 N–H and O–H groups in total. The Bertz CT molecular complexity index is 651. The summed E-state index contributed by atoms with van der Waals surface area (Å²) in [5.74, 6) is 2.61. The number of nitrogens with zero attached hydrogens (tertiary/aromatic N) is 5. The summed E-state index contributed by atoms with van der Waals surface area (Å²) in [6.45, 7) is 8.73. The first-order chi connectivity index (χ1) is 14.1. The highest BCUT2D eigenvalue weighted by Crippen LogP contribution is 2.26. The van der Waals surface area contributed by atoms with Crippen molar-refractivity contribution in [2.45, 2.75) is 82.6 Å². The largest absolute Gasteiger partial charge is 0.356 e. The van der Waals surface area contributed by atoms with Gasteiger partial charge >= 0.3 is 0 Å². The predicted octanol–water partition coefficient (Wildman–Crippen LogP) is 2.77. The van der Waals surface area contributed by atoms with Gasteiger partial charge in [0, 0.05) is 51.7 Å². The zero-order valence-electron chi connectivity index (χ0n) is 18.7. The van der Waals surface area contributed by atoms with Gasteiger partial charge in [-0.2, -0.15) is 0 Å². The van der Waals surface area contributed by atoms with Gasteiger partial charge in [0.05, 0.1) is 0 Å². The smallest absolute Gasteiger partial charge is 0.191 e. The minimum Gasteiger partial charge on any atom is -0.356 e. The van der Waals surface area contributed by atoms with E-state index < -0.39 is 0 Å². The van der Waals surface area contributed by atoms with E-state index in [-0.39, 0.29) is 0 Å². The van der Waals surface area contributed by atoms with Crippen molar-refractivity contribution in [2.75, 3.05) is 32.9 Å². The lowest BCUT2D eigenvalue weighted by atomic mass is 10.2. The third-order valence-corrected chi connectivity index (χ3v) is 6.69. The average molecular weight is 422 g/mol. The number of guanidine groups is 1. The highest BCUT2D eigenvalue weighted by Gasteiger charge is 2.30. The third kappa shape index (κ3) is 6.35. The summed E-state index contributed by atoms with van der Waals surface area (Å²) in [5.41, 5.74) is 0. The van der Waals surface area contributed by atoms with Crippen LogP contribution in [-0.4, -0.2) is 70.6 Å². The van der Waals surface area contributed by atoms with Crippen LogP contribution in [0, 0.1) is 5.92 Å². The van der Waals surface area contributed by atoms with Crippen LogP contribution >= 0.6 is 11.8 Å². The Kier molecular flexibility index (Phi) is 8.66. The van der Waals surface area contributed by atoms with Gasteiger partial charge in [-0.15, -0.1) is 10.2 Å². The summed E-state index contributed by atoms with van der Waals surface area (Å²) in [6, 6.07) is 1.34. The molecule has 3 rings (SSSR count). The molecule has 1 saturated heterocycles. The number of thioether (sulfide) groups is 1. The first-order valence-corrected chi connectivity index (χ1v) is 12.5. The highest BCUT2D eigenvalue weighted by molar-refractivity contribution is 7.98. The summed E-state index contributed by atoms with van der Waals surface area (Å²) in [5, 5.41) is 16.9. The number of hydrogen-bond acceptors (Lipinski definition) is 5. The average Bonchev–Trinajstić information content (AvgIpc) is 3.45. The molecule has 2 aliphatic rings. The lowest BCUT2D eigenvalue weighted by Crippen LogP contribution is -2.45.